The lowest BCUT2D eigenvalue weighted by molar-refractivity contribution is 1.20. The summed E-state index contributed by atoms with van der Waals surface area (Å²) in [6, 6.07) is 0. The minimum Gasteiger partial charge on any atom is -0.0990 e. The van der Waals surface area contributed by atoms with Crippen LogP contribution in [-0.4, -0.2) is 0 Å². The Bertz CT molecular complexity index is 276. The predicted molar refractivity (Wildman–Crippen MR) is 49.8 cm³/mol. The molecular formula is C9H8Cl2. The van der Waals surface area contributed by atoms with Crippen molar-refractivity contribution in [2.45, 2.75) is 13.3 Å². The molecule has 0 unspecified atom stereocenters. The van der Waals surface area contributed by atoms with E-state index in [1.807, 2.05) is 19.1 Å². The van der Waals surface area contributed by atoms with Crippen LogP contribution in [0, 0.1) is 0 Å². The quantitative estimate of drug-likeness (QED) is 0.506. The lowest BCUT2D eigenvalue weighted by atomic mass is 10.1. The van der Waals surface area contributed by atoms with Crippen LogP contribution in [0.3, 0.4) is 0 Å². The summed E-state index contributed by atoms with van der Waals surface area (Å²) >= 11 is 11.5. The van der Waals surface area contributed by atoms with Gasteiger partial charge in [-0.15, -0.1) is 0 Å². The van der Waals surface area contributed by atoms with Gasteiger partial charge in [0.25, 0.3) is 0 Å². The molecule has 0 aliphatic heterocycles. The van der Waals surface area contributed by atoms with Gasteiger partial charge in [0.1, 0.15) is 0 Å². The maximum absolute atomic E-state index is 5.77. The standard InChI is InChI=1S/C9H8Cl2/c1-7-2-3-8(10)4-5-9(11)6-7/h3-4,6H,2H2,1H3/b7-6-,8-3?. The average molecular weight is 187 g/mol. The van der Waals surface area contributed by atoms with Gasteiger partial charge in [-0.2, -0.15) is 0 Å². The van der Waals surface area contributed by atoms with E-state index in [1.54, 1.807) is 6.08 Å². The van der Waals surface area contributed by atoms with Crippen LogP contribution < -0.4 is 0 Å². The lowest BCUT2D eigenvalue weighted by Gasteiger charge is -1.97. The number of halogens is 2. The van der Waals surface area contributed by atoms with Crippen molar-refractivity contribution in [1.29, 1.82) is 0 Å². The Kier molecular flexibility index (Phi) is 3.02. The minimum absolute atomic E-state index is 0.605. The predicted octanol–water partition coefficient (Wildman–Crippen LogP) is 3.74. The molecule has 58 valence electrons. The Morgan fingerprint density at radius 2 is 2.18 bits per heavy atom. The summed E-state index contributed by atoms with van der Waals surface area (Å²) in [5.74, 6) is 0. The van der Waals surface area contributed by atoms with Gasteiger partial charge in [-0.25, -0.2) is 0 Å². The Balaban J connectivity index is 3.03. The third-order valence-electron chi connectivity index (χ3n) is 1.34. The Labute approximate surface area is 76.5 Å². The second kappa shape index (κ2) is 3.82. The number of allylic oxidation sites excluding steroid dienone is 5. The largest absolute Gasteiger partial charge is 0.0990 e. The molecule has 1 aliphatic rings. The Hall–Kier alpha value is -0.420. The molecule has 0 N–H and O–H groups in total. The van der Waals surface area contributed by atoms with Crippen LogP contribution in [-0.2, 0) is 0 Å². The van der Waals surface area contributed by atoms with Crippen molar-refractivity contribution in [3.8, 4) is 0 Å². The topological polar surface area (TPSA) is 0 Å². The Morgan fingerprint density at radius 3 is 2.91 bits per heavy atom. The normalized spacial score (nSPS) is 22.6. The first-order valence-corrected chi connectivity index (χ1v) is 4.09. The van der Waals surface area contributed by atoms with Gasteiger partial charge in [-0.3, -0.25) is 0 Å². The van der Waals surface area contributed by atoms with Crippen LogP contribution >= 0.6 is 23.2 Å². The van der Waals surface area contributed by atoms with Gasteiger partial charge >= 0.3 is 0 Å². The molecule has 0 nitrogen and oxygen atoms in total. The van der Waals surface area contributed by atoms with E-state index >= 15 is 0 Å². The smallest absolute Gasteiger partial charge is 0.0824 e. The molecule has 2 heteroatoms. The third kappa shape index (κ3) is 2.98. The zero-order valence-electron chi connectivity index (χ0n) is 6.20. The summed E-state index contributed by atoms with van der Waals surface area (Å²) in [5.41, 5.74) is 4.03. The van der Waals surface area contributed by atoms with Gasteiger partial charge in [0.05, 0.1) is 5.03 Å². The second-order valence-corrected chi connectivity index (χ2v) is 3.26. The molecule has 0 heterocycles. The monoisotopic (exact) mass is 186 g/mol. The molecule has 0 aromatic heterocycles. The van der Waals surface area contributed by atoms with Gasteiger partial charge in [0.15, 0.2) is 0 Å². The van der Waals surface area contributed by atoms with E-state index in [1.165, 1.54) is 5.57 Å². The number of rotatable bonds is 0. The van der Waals surface area contributed by atoms with Crippen molar-refractivity contribution in [2.24, 2.45) is 0 Å². The fourth-order valence-electron chi connectivity index (χ4n) is 0.772. The maximum atomic E-state index is 5.77. The molecule has 0 spiro atoms. The molecular weight excluding hydrogens is 179 g/mol. The van der Waals surface area contributed by atoms with E-state index in [-0.39, 0.29) is 0 Å². The molecule has 1 rings (SSSR count). The number of hydrogen-bond donors (Lipinski definition) is 0. The van der Waals surface area contributed by atoms with Crippen LogP contribution in [0.2, 0.25) is 0 Å². The van der Waals surface area contributed by atoms with E-state index in [9.17, 15) is 0 Å². The van der Waals surface area contributed by atoms with Crippen LogP contribution in [0.5, 0.6) is 0 Å². The summed E-state index contributed by atoms with van der Waals surface area (Å²) in [4.78, 5) is 0. The summed E-state index contributed by atoms with van der Waals surface area (Å²) in [6.45, 7) is 2.01. The third-order valence-corrected chi connectivity index (χ3v) is 1.82. The summed E-state index contributed by atoms with van der Waals surface area (Å²) < 4.78 is 0. The van der Waals surface area contributed by atoms with Gasteiger partial charge < -0.3 is 0 Å². The molecule has 0 radical (unpaired) electrons. The molecule has 0 fully saturated rings. The molecule has 0 aromatic rings. The fraction of sp³-hybridized carbons (Fsp3) is 0.222. The molecule has 0 bridgehead atoms. The molecule has 0 saturated heterocycles. The van der Waals surface area contributed by atoms with Crippen LogP contribution in [0.4, 0.5) is 0 Å². The number of hydrogen-bond acceptors (Lipinski definition) is 0. The molecule has 0 amide bonds. The zero-order chi connectivity index (χ0) is 8.27. The van der Waals surface area contributed by atoms with E-state index in [0.29, 0.717) is 10.1 Å². The highest BCUT2D eigenvalue weighted by molar-refractivity contribution is 6.32. The van der Waals surface area contributed by atoms with Gasteiger partial charge in [0.2, 0.25) is 0 Å². The first-order chi connectivity index (χ1) is 5.18. The molecule has 11 heavy (non-hydrogen) atoms. The average Bonchev–Trinajstić information content (AvgIpc) is 1.95. The van der Waals surface area contributed by atoms with Crippen molar-refractivity contribution in [1.82, 2.24) is 0 Å². The lowest BCUT2D eigenvalue weighted by Crippen LogP contribution is -1.77. The van der Waals surface area contributed by atoms with Crippen LogP contribution in [0.15, 0.2) is 39.6 Å². The van der Waals surface area contributed by atoms with Crippen molar-refractivity contribution in [3.63, 3.8) is 0 Å². The summed E-state index contributed by atoms with van der Waals surface area (Å²) in [7, 11) is 0. The fourth-order valence-corrected chi connectivity index (χ4v) is 1.14. The first kappa shape index (κ1) is 8.67. The molecule has 0 saturated carbocycles. The van der Waals surface area contributed by atoms with E-state index in [0.717, 1.165) is 6.42 Å². The Morgan fingerprint density at radius 1 is 1.45 bits per heavy atom. The van der Waals surface area contributed by atoms with Gasteiger partial charge in [0, 0.05) is 5.03 Å². The molecule has 1 aliphatic carbocycles. The van der Waals surface area contributed by atoms with E-state index in [4.69, 9.17) is 23.2 Å². The van der Waals surface area contributed by atoms with Gasteiger partial charge in [-0.1, -0.05) is 40.6 Å². The van der Waals surface area contributed by atoms with E-state index in [2.05, 4.69) is 5.73 Å². The first-order valence-electron chi connectivity index (χ1n) is 3.33. The van der Waals surface area contributed by atoms with Crippen molar-refractivity contribution >= 4 is 23.2 Å². The van der Waals surface area contributed by atoms with Crippen LogP contribution in [0.1, 0.15) is 13.3 Å². The van der Waals surface area contributed by atoms with Crippen molar-refractivity contribution in [3.05, 3.63) is 39.6 Å². The van der Waals surface area contributed by atoms with Crippen molar-refractivity contribution in [2.75, 3.05) is 0 Å². The maximum Gasteiger partial charge on any atom is 0.0824 e. The zero-order valence-corrected chi connectivity index (χ0v) is 7.71. The molecule has 0 aromatic carbocycles. The summed E-state index contributed by atoms with van der Waals surface area (Å²) in [5, 5.41) is 1.30. The highest BCUT2D eigenvalue weighted by Gasteiger charge is 1.93. The second-order valence-electron chi connectivity index (χ2n) is 2.42. The van der Waals surface area contributed by atoms with E-state index < -0.39 is 0 Å². The molecule has 0 atom stereocenters. The van der Waals surface area contributed by atoms with Crippen molar-refractivity contribution < 1.29 is 0 Å². The highest BCUT2D eigenvalue weighted by Crippen LogP contribution is 2.15. The highest BCUT2D eigenvalue weighted by atomic mass is 35.5. The summed E-state index contributed by atoms with van der Waals surface area (Å²) in [6.07, 6.45) is 6.35. The SMILES string of the molecule is C/C1=C/C(Cl)=C=CC(Cl)=CC1. The van der Waals surface area contributed by atoms with Gasteiger partial charge in [-0.05, 0) is 25.5 Å². The van der Waals surface area contributed by atoms with Crippen LogP contribution in [0.25, 0.3) is 0 Å². The minimum atomic E-state index is 0.605.